The van der Waals surface area contributed by atoms with Crippen molar-refractivity contribution < 1.29 is 32.7 Å². The first-order chi connectivity index (χ1) is 14.4. The molecule has 3 rings (SSSR count). The summed E-state index contributed by atoms with van der Waals surface area (Å²) in [5.74, 6) is -1.19. The third-order valence-electron chi connectivity index (χ3n) is 4.31. The SMILES string of the molecule is CCC(OC(=O)CCCO[P+](=O)O)c1csc(C(=O)c2c[nH]c3cc(F)ccc23)n1. The number of ether oxygens (including phenoxy) is 1. The quantitative estimate of drug-likeness (QED) is 0.202. The summed E-state index contributed by atoms with van der Waals surface area (Å²) in [6.45, 7) is 1.80. The number of carbonyl (C=O) groups excluding carboxylic acids is 2. The first-order valence-corrected chi connectivity index (χ1v) is 11.1. The third-order valence-corrected chi connectivity index (χ3v) is 5.57. The molecular formula is C19H19FN2O6PS+. The number of benzene rings is 1. The molecule has 0 aliphatic rings. The van der Waals surface area contributed by atoms with Gasteiger partial charge in [0.15, 0.2) is 5.01 Å². The average molecular weight is 453 g/mol. The fourth-order valence-corrected chi connectivity index (χ4v) is 3.97. The molecule has 1 aromatic carbocycles. The van der Waals surface area contributed by atoms with E-state index in [9.17, 15) is 18.5 Å². The van der Waals surface area contributed by atoms with Gasteiger partial charge in [0, 0.05) is 33.5 Å². The highest BCUT2D eigenvalue weighted by molar-refractivity contribution is 7.32. The van der Waals surface area contributed by atoms with Crippen LogP contribution in [0.3, 0.4) is 0 Å². The smallest absolute Gasteiger partial charge is 0.456 e. The van der Waals surface area contributed by atoms with Crippen LogP contribution in [0.1, 0.15) is 53.3 Å². The molecule has 2 aromatic heterocycles. The monoisotopic (exact) mass is 453 g/mol. The molecule has 2 N–H and O–H groups in total. The van der Waals surface area contributed by atoms with Crippen molar-refractivity contribution in [1.29, 1.82) is 0 Å². The minimum atomic E-state index is -2.68. The minimum absolute atomic E-state index is 0.0263. The van der Waals surface area contributed by atoms with Crippen LogP contribution < -0.4 is 0 Å². The summed E-state index contributed by atoms with van der Waals surface area (Å²) in [6.07, 6.45) is 1.66. The fourth-order valence-electron chi connectivity index (χ4n) is 2.87. The summed E-state index contributed by atoms with van der Waals surface area (Å²) in [6, 6.07) is 4.14. The molecule has 0 saturated carbocycles. The van der Waals surface area contributed by atoms with E-state index in [1.807, 2.05) is 6.92 Å². The molecule has 3 aromatic rings. The van der Waals surface area contributed by atoms with E-state index in [0.29, 0.717) is 28.6 Å². The molecule has 0 aliphatic heterocycles. The van der Waals surface area contributed by atoms with Gasteiger partial charge in [-0.25, -0.2) is 9.37 Å². The maximum Gasteiger partial charge on any atom is 0.694 e. The lowest BCUT2D eigenvalue weighted by molar-refractivity contribution is -0.150. The third kappa shape index (κ3) is 5.34. The number of esters is 1. The molecule has 0 amide bonds. The van der Waals surface area contributed by atoms with E-state index in [1.54, 1.807) is 5.38 Å². The van der Waals surface area contributed by atoms with Crippen molar-refractivity contribution in [2.24, 2.45) is 0 Å². The van der Waals surface area contributed by atoms with Crippen LogP contribution in [0.15, 0.2) is 29.8 Å². The minimum Gasteiger partial charge on any atom is -0.456 e. The summed E-state index contributed by atoms with van der Waals surface area (Å²) in [4.78, 5) is 40.6. The number of hydrogen-bond acceptors (Lipinski definition) is 7. The Kier molecular flexibility index (Phi) is 7.38. The number of rotatable bonds is 10. The Morgan fingerprint density at radius 2 is 2.20 bits per heavy atom. The number of ketones is 1. The fraction of sp³-hybridized carbons (Fsp3) is 0.316. The number of nitrogens with one attached hydrogen (secondary N) is 1. The van der Waals surface area contributed by atoms with E-state index < -0.39 is 26.1 Å². The number of thiazole rings is 1. The first kappa shape index (κ1) is 22.2. The molecule has 0 spiro atoms. The van der Waals surface area contributed by atoms with Crippen molar-refractivity contribution >= 4 is 42.2 Å². The Bertz CT molecular complexity index is 1080. The van der Waals surface area contributed by atoms with E-state index in [1.165, 1.54) is 24.4 Å². The number of hydrogen-bond donors (Lipinski definition) is 2. The molecule has 158 valence electrons. The van der Waals surface area contributed by atoms with Gasteiger partial charge < -0.3 is 9.72 Å². The van der Waals surface area contributed by atoms with Gasteiger partial charge in [0.1, 0.15) is 18.5 Å². The second kappa shape index (κ2) is 9.99. The highest BCUT2D eigenvalue weighted by Gasteiger charge is 2.23. The van der Waals surface area contributed by atoms with Gasteiger partial charge >= 0.3 is 14.2 Å². The summed E-state index contributed by atoms with van der Waals surface area (Å²) >= 11 is 1.14. The molecule has 2 atom stereocenters. The largest absolute Gasteiger partial charge is 0.694 e. The van der Waals surface area contributed by atoms with Crippen molar-refractivity contribution in [3.63, 3.8) is 0 Å². The zero-order valence-corrected chi connectivity index (χ0v) is 17.7. The van der Waals surface area contributed by atoms with Crippen molar-refractivity contribution in [3.8, 4) is 0 Å². The van der Waals surface area contributed by atoms with Crippen LogP contribution in [0.4, 0.5) is 4.39 Å². The zero-order valence-electron chi connectivity index (χ0n) is 16.0. The van der Waals surface area contributed by atoms with E-state index in [-0.39, 0.29) is 30.2 Å². The van der Waals surface area contributed by atoms with E-state index >= 15 is 0 Å². The van der Waals surface area contributed by atoms with Gasteiger partial charge in [-0.15, -0.1) is 20.8 Å². The Morgan fingerprint density at radius 3 is 2.93 bits per heavy atom. The van der Waals surface area contributed by atoms with Crippen molar-refractivity contribution in [1.82, 2.24) is 9.97 Å². The second-order valence-electron chi connectivity index (χ2n) is 6.36. The van der Waals surface area contributed by atoms with Crippen LogP contribution >= 0.6 is 19.6 Å². The molecule has 0 saturated heterocycles. The number of aromatic nitrogens is 2. The van der Waals surface area contributed by atoms with Gasteiger partial charge in [-0.1, -0.05) is 6.92 Å². The number of aromatic amines is 1. The lowest BCUT2D eigenvalue weighted by Crippen LogP contribution is -2.12. The standard InChI is InChI=1S/C19H18FN2O6PS/c1-2-16(28-17(23)4-3-7-27-29(25)26)15-10-30-19(22-15)18(24)13-9-21-14-8-11(20)5-6-12(13)14/h5-6,8-10,16H,2-4,7H2,1H3,(H-,21,24,25,26)/p+1. The summed E-state index contributed by atoms with van der Waals surface area (Å²) in [5, 5.41) is 2.51. The first-order valence-electron chi connectivity index (χ1n) is 9.14. The maximum absolute atomic E-state index is 13.4. The van der Waals surface area contributed by atoms with Gasteiger partial charge in [0.25, 0.3) is 0 Å². The van der Waals surface area contributed by atoms with E-state index in [0.717, 1.165) is 11.3 Å². The number of H-pyrrole nitrogens is 1. The van der Waals surface area contributed by atoms with Crippen LogP contribution in [0.5, 0.6) is 0 Å². The van der Waals surface area contributed by atoms with Gasteiger partial charge in [0.05, 0.1) is 11.3 Å². The molecule has 8 nitrogen and oxygen atoms in total. The molecule has 0 fully saturated rings. The van der Waals surface area contributed by atoms with Crippen molar-refractivity contribution in [2.45, 2.75) is 32.3 Å². The van der Waals surface area contributed by atoms with Crippen molar-refractivity contribution in [3.05, 3.63) is 51.9 Å². The molecule has 11 heteroatoms. The van der Waals surface area contributed by atoms with Crippen LogP contribution in [0, 0.1) is 5.82 Å². The Labute approximate surface area is 176 Å². The van der Waals surface area contributed by atoms with Gasteiger partial charge in [0.2, 0.25) is 5.78 Å². The van der Waals surface area contributed by atoms with Crippen molar-refractivity contribution in [2.75, 3.05) is 6.61 Å². The van der Waals surface area contributed by atoms with Gasteiger partial charge in [-0.05, 0) is 31.0 Å². The Morgan fingerprint density at radius 1 is 1.40 bits per heavy atom. The lowest BCUT2D eigenvalue weighted by Gasteiger charge is -2.13. The van der Waals surface area contributed by atoms with E-state index in [2.05, 4.69) is 14.5 Å². The predicted molar refractivity (Wildman–Crippen MR) is 108 cm³/mol. The molecule has 2 unspecified atom stereocenters. The number of fused-ring (bicyclic) bond motifs is 1. The molecule has 0 radical (unpaired) electrons. The molecular weight excluding hydrogens is 434 g/mol. The van der Waals surface area contributed by atoms with Gasteiger partial charge in [-0.2, -0.15) is 0 Å². The molecule has 30 heavy (non-hydrogen) atoms. The zero-order chi connectivity index (χ0) is 21.7. The molecule has 0 bridgehead atoms. The normalized spacial score (nSPS) is 12.7. The predicted octanol–water partition coefficient (Wildman–Crippen LogP) is 4.44. The maximum atomic E-state index is 13.4. The summed E-state index contributed by atoms with van der Waals surface area (Å²) in [5.41, 5.74) is 1.38. The molecule has 2 heterocycles. The highest BCUT2D eigenvalue weighted by atomic mass is 32.1. The van der Waals surface area contributed by atoms with Crippen LogP contribution in [-0.4, -0.2) is 33.2 Å². The summed E-state index contributed by atoms with van der Waals surface area (Å²) < 4.78 is 33.7. The second-order valence-corrected chi connectivity index (χ2v) is 7.95. The van der Waals surface area contributed by atoms with Crippen LogP contribution in [0.2, 0.25) is 0 Å². The van der Waals surface area contributed by atoms with Crippen LogP contribution in [-0.2, 0) is 18.6 Å². The Hall–Kier alpha value is -2.52. The van der Waals surface area contributed by atoms with E-state index in [4.69, 9.17) is 9.63 Å². The number of nitrogens with zero attached hydrogens (tertiary/aromatic N) is 1. The average Bonchev–Trinajstić information content (AvgIpc) is 3.36. The molecule has 0 aliphatic carbocycles. The summed E-state index contributed by atoms with van der Waals surface area (Å²) in [7, 11) is -2.68. The number of halogens is 1. The topological polar surface area (TPSA) is 119 Å². The van der Waals surface area contributed by atoms with Crippen LogP contribution in [0.25, 0.3) is 10.9 Å². The number of carbonyl (C=O) groups is 2. The lowest BCUT2D eigenvalue weighted by atomic mass is 10.1. The highest BCUT2D eigenvalue weighted by Crippen LogP contribution is 2.27. The van der Waals surface area contributed by atoms with Gasteiger partial charge in [-0.3, -0.25) is 9.59 Å². The Balaban J connectivity index is 1.66.